The number of hydrogen-bond acceptors (Lipinski definition) is 12. The number of nitrogens with one attached hydrogen (secondary N) is 1. The molecule has 0 aromatic heterocycles. The molecular formula is C57H82FN7O7. The molecule has 15 heteroatoms. The van der Waals surface area contributed by atoms with Crippen molar-refractivity contribution >= 4 is 23.4 Å². The molecule has 2 fully saturated rings. The van der Waals surface area contributed by atoms with Crippen LogP contribution in [0.25, 0.3) is 0 Å². The summed E-state index contributed by atoms with van der Waals surface area (Å²) in [6, 6.07) is 1.88. The summed E-state index contributed by atoms with van der Waals surface area (Å²) >= 11 is 0. The average molecular weight is 996 g/mol. The number of fused-ring (bicyclic) bond motifs is 4. The first-order chi connectivity index (χ1) is 34.5. The maximum absolute atomic E-state index is 14.5. The topological polar surface area (TPSA) is 173 Å². The molecule has 14 atom stereocenters. The molecule has 3 aliphatic carbocycles. The van der Waals surface area contributed by atoms with Gasteiger partial charge in [-0.3, -0.25) is 24.6 Å². The first kappa shape index (κ1) is 53.8. The zero-order chi connectivity index (χ0) is 51.6. The molecular weight excluding hydrogens is 914 g/mol. The Hall–Kier alpha value is -4.46. The first-order valence-corrected chi connectivity index (χ1v) is 27.1. The standard InChI is InChI=1S/C57H82FN7O7/c1-10-23-63(53(67)51(34(4)5)62-56(69)71-9)32-41-20-15-39(31-60-41)37-16-21-42-47-29-57(7)28-38(17-22-49(57)65(47)54(72-48(42)27-37)36-13-18-40(58)19-14-36)44-25-35(6)26-45(61-44)46-12-11-24-64(46)52(66)50(33(2)3)43(30-59)55(68)70-8/h13,16-19,21,25,33-37,39,43,46-47,49-51,53-55,67-68H,10-12,14-15,20,22-24,26-29,31-32H2,1-9H3,(H,62,69). The number of amides is 2. The predicted octanol–water partition coefficient (Wildman–Crippen LogP) is 8.77. The lowest BCUT2D eigenvalue weighted by Gasteiger charge is -2.48. The van der Waals surface area contributed by atoms with E-state index in [1.807, 2.05) is 43.6 Å². The number of carbonyl (C=O) groups excluding carboxylic acids is 2. The number of alkyl carbamates (subject to hydrolysis) is 1. The summed E-state index contributed by atoms with van der Waals surface area (Å²) in [5, 5.41) is 35.0. The quantitative estimate of drug-likeness (QED) is 0.120. The Labute approximate surface area is 427 Å². The second-order valence-corrected chi connectivity index (χ2v) is 23.0. The van der Waals surface area contributed by atoms with Gasteiger partial charge in [-0.15, -0.1) is 0 Å². The first-order valence-electron chi connectivity index (χ1n) is 27.1. The Morgan fingerprint density at radius 1 is 1.07 bits per heavy atom. The number of ether oxygens (including phenoxy) is 3. The van der Waals surface area contributed by atoms with E-state index in [-0.39, 0.29) is 71.1 Å². The number of likely N-dealkylation sites (tertiary alicyclic amines) is 1. The molecule has 0 aromatic carbocycles. The van der Waals surface area contributed by atoms with E-state index in [1.165, 1.54) is 25.4 Å². The number of nitrogens with zero attached hydrogens (tertiary/aromatic N) is 6. The van der Waals surface area contributed by atoms with Crippen LogP contribution >= 0.6 is 0 Å². The molecule has 72 heavy (non-hydrogen) atoms. The van der Waals surface area contributed by atoms with E-state index in [2.05, 4.69) is 61.4 Å². The second-order valence-electron chi connectivity index (χ2n) is 23.0. The van der Waals surface area contributed by atoms with Gasteiger partial charge in [0.25, 0.3) is 0 Å². The van der Waals surface area contributed by atoms with Crippen molar-refractivity contribution in [1.29, 1.82) is 5.26 Å². The van der Waals surface area contributed by atoms with E-state index in [1.54, 1.807) is 12.2 Å². The van der Waals surface area contributed by atoms with Crippen LogP contribution in [0.2, 0.25) is 0 Å². The van der Waals surface area contributed by atoms with Crippen LogP contribution in [0.5, 0.6) is 0 Å². The third-order valence-electron chi connectivity index (χ3n) is 17.3. The summed E-state index contributed by atoms with van der Waals surface area (Å²) in [6.45, 7) is 17.1. The Morgan fingerprint density at radius 2 is 1.85 bits per heavy atom. The van der Waals surface area contributed by atoms with Crippen molar-refractivity contribution in [3.05, 3.63) is 71.0 Å². The largest absolute Gasteiger partial charge is 0.478 e. The molecule has 2 amide bonds. The average Bonchev–Trinajstić information content (AvgIpc) is 3.99. The number of hydrogen-bond donors (Lipinski definition) is 3. The fourth-order valence-electron chi connectivity index (χ4n) is 13.5. The normalized spacial score (nSPS) is 32.5. The molecule has 5 aliphatic heterocycles. The fourth-order valence-corrected chi connectivity index (χ4v) is 13.5. The van der Waals surface area contributed by atoms with Gasteiger partial charge in [0.2, 0.25) is 5.91 Å². The highest BCUT2D eigenvalue weighted by Crippen LogP contribution is 2.57. The van der Waals surface area contributed by atoms with Crippen molar-refractivity contribution in [1.82, 2.24) is 20.0 Å². The number of nitriles is 1. The van der Waals surface area contributed by atoms with Gasteiger partial charge in [0.15, 0.2) is 12.5 Å². The van der Waals surface area contributed by atoms with Gasteiger partial charge in [-0.05, 0) is 117 Å². The Balaban J connectivity index is 0.986. The van der Waals surface area contributed by atoms with Crippen LogP contribution in [0, 0.1) is 64.1 Å². The van der Waals surface area contributed by atoms with Crippen LogP contribution in [-0.4, -0.2) is 132 Å². The summed E-state index contributed by atoms with van der Waals surface area (Å²) in [5.41, 5.74) is 5.51. The van der Waals surface area contributed by atoms with Crippen LogP contribution < -0.4 is 5.32 Å². The minimum absolute atomic E-state index is 0.00197. The molecule has 0 bridgehead atoms. The molecule has 8 aliphatic rings. The molecule has 8 rings (SSSR count). The summed E-state index contributed by atoms with van der Waals surface area (Å²) < 4.78 is 31.8. The number of methoxy groups -OCH3 is 2. The minimum Gasteiger partial charge on any atom is -0.478 e. The summed E-state index contributed by atoms with van der Waals surface area (Å²) in [5.74, 6) is -0.279. The summed E-state index contributed by atoms with van der Waals surface area (Å²) in [7, 11) is 2.69. The predicted molar refractivity (Wildman–Crippen MR) is 277 cm³/mol. The molecule has 0 radical (unpaired) electrons. The van der Waals surface area contributed by atoms with Crippen LogP contribution in [-0.2, 0) is 19.0 Å². The molecule has 14 unspecified atom stereocenters. The Bertz CT molecular complexity index is 2310. The van der Waals surface area contributed by atoms with E-state index in [4.69, 9.17) is 24.2 Å². The lowest BCUT2D eigenvalue weighted by atomic mass is 9.70. The number of allylic oxidation sites excluding steroid dienone is 7. The van der Waals surface area contributed by atoms with Crippen molar-refractivity contribution < 1.29 is 38.4 Å². The van der Waals surface area contributed by atoms with E-state index in [0.717, 1.165) is 87.1 Å². The third-order valence-corrected chi connectivity index (χ3v) is 17.3. The van der Waals surface area contributed by atoms with Gasteiger partial charge in [0, 0.05) is 74.7 Å². The number of aliphatic hydroxyl groups is 2. The minimum atomic E-state index is -1.35. The van der Waals surface area contributed by atoms with E-state index < -0.39 is 36.5 Å². The fraction of sp³-hybridized carbons (Fsp3) is 0.702. The van der Waals surface area contributed by atoms with Crippen LogP contribution in [0.3, 0.4) is 0 Å². The van der Waals surface area contributed by atoms with E-state index in [9.17, 15) is 29.5 Å². The Morgan fingerprint density at radius 3 is 2.50 bits per heavy atom. The zero-order valence-corrected chi connectivity index (χ0v) is 44.3. The highest BCUT2D eigenvalue weighted by molar-refractivity contribution is 5.96. The third kappa shape index (κ3) is 11.1. The molecule has 2 saturated heterocycles. The highest BCUT2D eigenvalue weighted by Gasteiger charge is 2.57. The monoisotopic (exact) mass is 996 g/mol. The van der Waals surface area contributed by atoms with Gasteiger partial charge in [-0.2, -0.15) is 5.26 Å². The van der Waals surface area contributed by atoms with Crippen molar-refractivity contribution in [2.24, 2.45) is 62.7 Å². The molecule has 0 spiro atoms. The number of aliphatic hydroxyl groups excluding tert-OH is 2. The molecule has 394 valence electrons. The van der Waals surface area contributed by atoms with Crippen LogP contribution in [0.15, 0.2) is 80.9 Å². The van der Waals surface area contributed by atoms with Gasteiger partial charge >= 0.3 is 6.09 Å². The Kier molecular flexibility index (Phi) is 17.2. The van der Waals surface area contributed by atoms with Crippen LogP contribution in [0.4, 0.5) is 9.18 Å². The van der Waals surface area contributed by atoms with Crippen LogP contribution in [0.1, 0.15) is 119 Å². The summed E-state index contributed by atoms with van der Waals surface area (Å²) in [6.07, 6.45) is 20.9. The van der Waals surface area contributed by atoms with E-state index in [0.29, 0.717) is 38.5 Å². The van der Waals surface area contributed by atoms with Gasteiger partial charge in [-0.1, -0.05) is 78.8 Å². The summed E-state index contributed by atoms with van der Waals surface area (Å²) in [4.78, 5) is 43.7. The van der Waals surface area contributed by atoms with Gasteiger partial charge in [0.1, 0.15) is 23.7 Å². The zero-order valence-electron chi connectivity index (χ0n) is 44.3. The number of aliphatic imine (C=N–C) groups is 2. The van der Waals surface area contributed by atoms with Crippen molar-refractivity contribution in [2.75, 3.05) is 40.4 Å². The lowest BCUT2D eigenvalue weighted by molar-refractivity contribution is -0.151. The highest BCUT2D eigenvalue weighted by atomic mass is 19.1. The molecule has 3 N–H and O–H groups in total. The molecule has 0 aromatic rings. The second kappa shape index (κ2) is 23.0. The van der Waals surface area contributed by atoms with E-state index >= 15 is 0 Å². The lowest BCUT2D eigenvalue weighted by Crippen LogP contribution is -2.55. The molecule has 5 heterocycles. The van der Waals surface area contributed by atoms with Gasteiger partial charge < -0.3 is 34.6 Å². The smallest absolute Gasteiger partial charge is 0.407 e. The van der Waals surface area contributed by atoms with Gasteiger partial charge in [0.05, 0.1) is 36.9 Å². The van der Waals surface area contributed by atoms with Crippen molar-refractivity contribution in [3.63, 3.8) is 0 Å². The van der Waals surface area contributed by atoms with Crippen molar-refractivity contribution in [3.8, 4) is 6.07 Å². The van der Waals surface area contributed by atoms with Gasteiger partial charge in [-0.25, -0.2) is 9.18 Å². The molecule has 0 saturated carbocycles. The maximum Gasteiger partial charge on any atom is 0.407 e. The van der Waals surface area contributed by atoms with Crippen molar-refractivity contribution in [2.45, 2.75) is 162 Å². The maximum atomic E-state index is 14.5. The SMILES string of the molecule is CCCN(CC1=NCC(C2C=CC3=C(C2)OC(C2C=CC(F)=CC2)N2C3CC3(C)CC(C4=CC(C)CC(C5CCCN5C(=O)C(C(C)C)C(C#N)C(O)OC)=N4)=CCC23)CC1)C(O)C(NC(=O)OC)C(C)C. The number of halogens is 1. The molecule has 14 nitrogen and oxygen atoms in total. The number of carbonyl (C=O) groups is 2. The number of rotatable bonds is 17.